The second-order valence-corrected chi connectivity index (χ2v) is 6.94. The molecule has 0 radical (unpaired) electrons. The molecule has 3 nitrogen and oxygen atoms in total. The van der Waals surface area contributed by atoms with E-state index in [1.807, 2.05) is 12.3 Å². The van der Waals surface area contributed by atoms with E-state index in [4.69, 9.17) is 0 Å². The minimum absolute atomic E-state index is 0.193. The Morgan fingerprint density at radius 2 is 2.04 bits per heavy atom. The molecule has 0 N–H and O–H groups in total. The SMILES string of the molecule is CCc1cnccc1C(=O)N(C1CC1)[C@@H]1CCCc2ccccc21. The van der Waals surface area contributed by atoms with E-state index in [1.54, 1.807) is 6.20 Å². The average molecular weight is 320 g/mol. The third kappa shape index (κ3) is 2.72. The maximum atomic E-state index is 13.4. The average Bonchev–Trinajstić information content (AvgIpc) is 3.47. The highest BCUT2D eigenvalue weighted by atomic mass is 16.2. The third-order valence-corrected chi connectivity index (χ3v) is 5.36. The fraction of sp³-hybridized carbons (Fsp3) is 0.429. The van der Waals surface area contributed by atoms with Crippen LogP contribution in [-0.2, 0) is 12.8 Å². The lowest BCUT2D eigenvalue weighted by molar-refractivity contribution is 0.0636. The highest BCUT2D eigenvalue weighted by Crippen LogP contribution is 2.41. The number of carbonyl (C=O) groups excluding carboxylic acids is 1. The van der Waals surface area contributed by atoms with Crippen molar-refractivity contribution in [3.63, 3.8) is 0 Å². The summed E-state index contributed by atoms with van der Waals surface area (Å²) in [6.07, 6.45) is 10.1. The Bertz CT molecular complexity index is 751. The summed E-state index contributed by atoms with van der Waals surface area (Å²) in [5.74, 6) is 0.193. The van der Waals surface area contributed by atoms with Crippen LogP contribution in [0.5, 0.6) is 0 Å². The summed E-state index contributed by atoms with van der Waals surface area (Å²) in [5, 5.41) is 0. The van der Waals surface area contributed by atoms with Crippen molar-refractivity contribution in [3.05, 3.63) is 65.0 Å². The minimum Gasteiger partial charge on any atom is -0.329 e. The molecule has 1 amide bonds. The molecule has 0 aliphatic heterocycles. The van der Waals surface area contributed by atoms with Crippen LogP contribution in [0, 0.1) is 0 Å². The molecule has 124 valence electrons. The third-order valence-electron chi connectivity index (χ3n) is 5.36. The molecule has 24 heavy (non-hydrogen) atoms. The summed E-state index contributed by atoms with van der Waals surface area (Å²) in [6.45, 7) is 2.09. The van der Waals surface area contributed by atoms with Crippen molar-refractivity contribution in [2.45, 2.75) is 57.5 Å². The first-order valence-electron chi connectivity index (χ1n) is 9.13. The number of aryl methyl sites for hydroxylation is 2. The first kappa shape index (κ1) is 15.4. The maximum Gasteiger partial charge on any atom is 0.255 e. The predicted octanol–water partition coefficient (Wildman–Crippen LogP) is 4.33. The quantitative estimate of drug-likeness (QED) is 0.840. The van der Waals surface area contributed by atoms with Gasteiger partial charge in [0.2, 0.25) is 0 Å². The number of hydrogen-bond donors (Lipinski definition) is 0. The molecule has 1 heterocycles. The van der Waals surface area contributed by atoms with Gasteiger partial charge in [-0.15, -0.1) is 0 Å². The van der Waals surface area contributed by atoms with Gasteiger partial charge in [-0.25, -0.2) is 0 Å². The Balaban J connectivity index is 1.72. The van der Waals surface area contributed by atoms with E-state index in [-0.39, 0.29) is 11.9 Å². The molecule has 0 spiro atoms. The van der Waals surface area contributed by atoms with E-state index >= 15 is 0 Å². The van der Waals surface area contributed by atoms with Crippen LogP contribution in [0.3, 0.4) is 0 Å². The topological polar surface area (TPSA) is 33.2 Å². The molecule has 1 aromatic carbocycles. The van der Waals surface area contributed by atoms with Gasteiger partial charge in [0.1, 0.15) is 0 Å². The summed E-state index contributed by atoms with van der Waals surface area (Å²) in [5.41, 5.74) is 4.66. The summed E-state index contributed by atoms with van der Waals surface area (Å²) >= 11 is 0. The maximum absolute atomic E-state index is 13.4. The van der Waals surface area contributed by atoms with Gasteiger partial charge in [0.25, 0.3) is 5.91 Å². The molecular weight excluding hydrogens is 296 g/mol. The fourth-order valence-electron chi connectivity index (χ4n) is 3.99. The second kappa shape index (κ2) is 6.39. The monoisotopic (exact) mass is 320 g/mol. The van der Waals surface area contributed by atoms with Gasteiger partial charge in [0.05, 0.1) is 6.04 Å². The second-order valence-electron chi connectivity index (χ2n) is 6.94. The van der Waals surface area contributed by atoms with Crippen LogP contribution in [0.4, 0.5) is 0 Å². The van der Waals surface area contributed by atoms with Crippen LogP contribution >= 0.6 is 0 Å². The summed E-state index contributed by atoms with van der Waals surface area (Å²) in [4.78, 5) is 19.8. The fourth-order valence-corrected chi connectivity index (χ4v) is 3.99. The van der Waals surface area contributed by atoms with Crippen molar-refractivity contribution >= 4 is 5.91 Å². The number of pyridine rings is 1. The van der Waals surface area contributed by atoms with Crippen LogP contribution in [0.15, 0.2) is 42.7 Å². The van der Waals surface area contributed by atoms with E-state index in [2.05, 4.69) is 41.1 Å². The van der Waals surface area contributed by atoms with Crippen molar-refractivity contribution in [3.8, 4) is 0 Å². The van der Waals surface area contributed by atoms with Crippen LogP contribution in [0.1, 0.15) is 65.7 Å². The van der Waals surface area contributed by atoms with Crippen LogP contribution in [0.25, 0.3) is 0 Å². The number of fused-ring (bicyclic) bond motifs is 1. The van der Waals surface area contributed by atoms with E-state index in [0.717, 1.165) is 49.7 Å². The molecule has 3 heteroatoms. The number of hydrogen-bond acceptors (Lipinski definition) is 2. The van der Waals surface area contributed by atoms with Gasteiger partial charge in [-0.05, 0) is 61.3 Å². The Morgan fingerprint density at radius 1 is 1.21 bits per heavy atom. The van der Waals surface area contributed by atoms with Gasteiger partial charge in [0.15, 0.2) is 0 Å². The molecule has 0 saturated heterocycles. The van der Waals surface area contributed by atoms with Crippen molar-refractivity contribution in [1.29, 1.82) is 0 Å². The highest BCUT2D eigenvalue weighted by molar-refractivity contribution is 5.96. The van der Waals surface area contributed by atoms with E-state index < -0.39 is 0 Å². The minimum atomic E-state index is 0.193. The van der Waals surface area contributed by atoms with Crippen LogP contribution in [0.2, 0.25) is 0 Å². The Hall–Kier alpha value is -2.16. The largest absolute Gasteiger partial charge is 0.329 e. The zero-order chi connectivity index (χ0) is 16.5. The Morgan fingerprint density at radius 3 is 2.83 bits per heavy atom. The number of carbonyl (C=O) groups is 1. The lowest BCUT2D eigenvalue weighted by Gasteiger charge is -2.36. The van der Waals surface area contributed by atoms with Gasteiger partial charge < -0.3 is 4.90 Å². The molecule has 1 fully saturated rings. The molecular formula is C21H24N2O. The first-order valence-corrected chi connectivity index (χ1v) is 9.13. The van der Waals surface area contributed by atoms with Gasteiger partial charge in [-0.3, -0.25) is 9.78 Å². The summed E-state index contributed by atoms with van der Waals surface area (Å²) in [7, 11) is 0. The van der Waals surface area contributed by atoms with Crippen molar-refractivity contribution < 1.29 is 4.79 Å². The van der Waals surface area contributed by atoms with Crippen molar-refractivity contribution in [2.24, 2.45) is 0 Å². The lowest BCUT2D eigenvalue weighted by Crippen LogP contribution is -2.38. The van der Waals surface area contributed by atoms with Crippen molar-refractivity contribution in [2.75, 3.05) is 0 Å². The number of rotatable bonds is 4. The molecule has 0 bridgehead atoms. The zero-order valence-corrected chi connectivity index (χ0v) is 14.2. The predicted molar refractivity (Wildman–Crippen MR) is 94.9 cm³/mol. The van der Waals surface area contributed by atoms with Crippen LogP contribution in [-0.4, -0.2) is 21.8 Å². The number of nitrogens with zero attached hydrogens (tertiary/aromatic N) is 2. The lowest BCUT2D eigenvalue weighted by atomic mass is 9.86. The van der Waals surface area contributed by atoms with Gasteiger partial charge in [-0.1, -0.05) is 31.2 Å². The number of benzene rings is 1. The number of amides is 1. The zero-order valence-electron chi connectivity index (χ0n) is 14.2. The van der Waals surface area contributed by atoms with Gasteiger partial charge in [-0.2, -0.15) is 0 Å². The van der Waals surface area contributed by atoms with E-state index in [9.17, 15) is 4.79 Å². The first-order chi connectivity index (χ1) is 11.8. The molecule has 4 rings (SSSR count). The Kier molecular flexibility index (Phi) is 4.09. The standard InChI is InChI=1S/C21H24N2O/c1-2-15-14-22-13-12-19(15)21(24)23(17-10-11-17)20-9-5-7-16-6-3-4-8-18(16)20/h3-4,6,8,12-14,17,20H,2,5,7,9-11H2,1H3/t20-/m1/s1. The molecule has 2 aliphatic carbocycles. The molecule has 1 saturated carbocycles. The highest BCUT2D eigenvalue weighted by Gasteiger charge is 2.40. The van der Waals surface area contributed by atoms with E-state index in [0.29, 0.717) is 6.04 Å². The van der Waals surface area contributed by atoms with Gasteiger partial charge in [0, 0.05) is 24.0 Å². The molecule has 1 atom stereocenters. The van der Waals surface area contributed by atoms with Crippen LogP contribution < -0.4 is 0 Å². The summed E-state index contributed by atoms with van der Waals surface area (Å²) in [6, 6.07) is 11.2. The number of aromatic nitrogens is 1. The van der Waals surface area contributed by atoms with Gasteiger partial charge >= 0.3 is 0 Å². The molecule has 2 aliphatic rings. The molecule has 0 unspecified atom stereocenters. The Labute approximate surface area is 143 Å². The van der Waals surface area contributed by atoms with Crippen molar-refractivity contribution in [1.82, 2.24) is 9.88 Å². The molecule has 2 aromatic rings. The normalized spacial score (nSPS) is 19.6. The summed E-state index contributed by atoms with van der Waals surface area (Å²) < 4.78 is 0. The van der Waals surface area contributed by atoms with E-state index in [1.165, 1.54) is 11.1 Å². The smallest absolute Gasteiger partial charge is 0.255 e. The molecule has 1 aromatic heterocycles.